The third-order valence-corrected chi connectivity index (χ3v) is 7.26. The van der Waals surface area contributed by atoms with Crippen LogP contribution in [0.15, 0.2) is 41.6 Å². The highest BCUT2D eigenvalue weighted by Crippen LogP contribution is 2.62. The molecule has 0 spiro atoms. The Hall–Kier alpha value is -3.30. The van der Waals surface area contributed by atoms with Gasteiger partial charge in [0.15, 0.2) is 17.6 Å². The fraction of sp³-hybridized carbons (Fsp3) is 0.462. The van der Waals surface area contributed by atoms with E-state index in [1.165, 1.54) is 14.2 Å². The molecule has 0 unspecified atom stereocenters. The van der Waals surface area contributed by atoms with Gasteiger partial charge in [0, 0.05) is 39.8 Å². The third kappa shape index (κ3) is 3.70. The number of hydrogen-bond donors (Lipinski definition) is 0. The number of likely N-dealkylation sites (N-methyl/N-ethyl adjacent to an activating group) is 1. The van der Waals surface area contributed by atoms with Crippen LogP contribution >= 0.6 is 0 Å². The van der Waals surface area contributed by atoms with Gasteiger partial charge in [-0.05, 0) is 23.6 Å². The maximum Gasteiger partial charge on any atom is 0.354 e. The van der Waals surface area contributed by atoms with Gasteiger partial charge in [0.1, 0.15) is 5.70 Å². The molecule has 4 rings (SSSR count). The number of benzene rings is 1. The summed E-state index contributed by atoms with van der Waals surface area (Å²) >= 11 is 0. The van der Waals surface area contributed by atoms with Crippen LogP contribution < -0.4 is 9.47 Å². The van der Waals surface area contributed by atoms with Gasteiger partial charge in [0.25, 0.3) is 0 Å². The number of ether oxygens (including phenoxy) is 6. The quantitative estimate of drug-likeness (QED) is 0.297. The molecule has 0 amide bonds. The lowest BCUT2D eigenvalue weighted by Crippen LogP contribution is -2.60. The van der Waals surface area contributed by atoms with E-state index in [-0.39, 0.29) is 5.70 Å². The molecule has 3 aliphatic rings. The van der Waals surface area contributed by atoms with E-state index in [0.29, 0.717) is 30.9 Å². The van der Waals surface area contributed by atoms with E-state index in [1.54, 1.807) is 33.3 Å². The van der Waals surface area contributed by atoms with Crippen LogP contribution in [0, 0.1) is 0 Å². The van der Waals surface area contributed by atoms with Gasteiger partial charge in [-0.25, -0.2) is 9.59 Å². The van der Waals surface area contributed by atoms with Gasteiger partial charge in [-0.15, -0.1) is 0 Å². The summed E-state index contributed by atoms with van der Waals surface area (Å²) in [5.74, 6) is -1.02. The van der Waals surface area contributed by atoms with Crippen molar-refractivity contribution in [1.82, 2.24) is 4.90 Å². The second-order valence-corrected chi connectivity index (χ2v) is 8.66. The highest BCUT2D eigenvalue weighted by Gasteiger charge is 2.64. The first kappa shape index (κ1) is 24.8. The Kier molecular flexibility index (Phi) is 6.66. The van der Waals surface area contributed by atoms with E-state index in [2.05, 4.69) is 18.2 Å². The Balaban J connectivity index is 1.81. The van der Waals surface area contributed by atoms with Crippen LogP contribution in [0.5, 0.6) is 11.5 Å². The monoisotopic (exact) mass is 485 g/mol. The summed E-state index contributed by atoms with van der Waals surface area (Å²) in [6, 6.07) is 3.90. The lowest BCUT2D eigenvalue weighted by atomic mass is 9.60. The zero-order chi connectivity index (χ0) is 25.4. The standard InChI is InChI=1S/C26H31NO8/c1-27(18(23(29)32-4)15-20(28)31-3)14-13-25-17-9-7-16-8-10-19(30-2)22(21(16)25)35-24(25)26(33-5,34-6)12-11-17/h7-11,15,24H,12-14H2,1-6H3/b18-15+/t24-,25+/m1/s1. The molecule has 35 heavy (non-hydrogen) atoms. The lowest BCUT2D eigenvalue weighted by Gasteiger charge is -2.49. The molecule has 2 aliphatic carbocycles. The zero-order valence-electron chi connectivity index (χ0n) is 20.9. The normalized spacial score (nSPS) is 23.1. The fourth-order valence-electron chi connectivity index (χ4n) is 5.43. The van der Waals surface area contributed by atoms with Gasteiger partial charge in [-0.2, -0.15) is 0 Å². The van der Waals surface area contributed by atoms with E-state index < -0.39 is 29.2 Å². The Bertz CT molecular complexity index is 1120. The minimum Gasteiger partial charge on any atom is -0.493 e. The third-order valence-electron chi connectivity index (χ3n) is 7.26. The van der Waals surface area contributed by atoms with Crippen molar-refractivity contribution in [2.24, 2.45) is 0 Å². The molecule has 9 heteroatoms. The highest BCUT2D eigenvalue weighted by molar-refractivity contribution is 5.95. The molecule has 0 saturated heterocycles. The van der Waals surface area contributed by atoms with Crippen LogP contribution in [0.1, 0.15) is 24.0 Å². The van der Waals surface area contributed by atoms with Crippen molar-refractivity contribution < 1.29 is 38.0 Å². The first-order valence-electron chi connectivity index (χ1n) is 11.3. The van der Waals surface area contributed by atoms with Crippen molar-refractivity contribution in [3.63, 3.8) is 0 Å². The van der Waals surface area contributed by atoms with Gasteiger partial charge >= 0.3 is 11.9 Å². The number of nitrogens with zero attached hydrogens (tertiary/aromatic N) is 1. The molecule has 9 nitrogen and oxygen atoms in total. The number of esters is 2. The second kappa shape index (κ2) is 9.39. The Morgan fingerprint density at radius 3 is 2.49 bits per heavy atom. The van der Waals surface area contributed by atoms with Crippen LogP contribution in [-0.2, 0) is 34.0 Å². The SMILES string of the molecule is COC(=O)/C=C(\C(=O)OC)N(C)CC[C@@]12C3=CCC(OC)(OC)[C@@H]1Oc1c(OC)ccc(c12)C=C3. The predicted octanol–water partition coefficient (Wildman–Crippen LogP) is 2.59. The van der Waals surface area contributed by atoms with Gasteiger partial charge < -0.3 is 33.3 Å². The molecule has 0 bridgehead atoms. The number of allylic oxidation sites excluding steroid dienone is 1. The van der Waals surface area contributed by atoms with Gasteiger partial charge in [-0.1, -0.05) is 24.3 Å². The minimum absolute atomic E-state index is 0.0935. The molecule has 0 N–H and O–H groups in total. The number of hydrogen-bond acceptors (Lipinski definition) is 9. The van der Waals surface area contributed by atoms with E-state index in [0.717, 1.165) is 22.8 Å². The van der Waals surface area contributed by atoms with Crippen molar-refractivity contribution in [3.8, 4) is 11.5 Å². The van der Waals surface area contributed by atoms with Crippen LogP contribution in [0.2, 0.25) is 0 Å². The first-order chi connectivity index (χ1) is 16.8. The largest absolute Gasteiger partial charge is 0.493 e. The fourth-order valence-corrected chi connectivity index (χ4v) is 5.43. The van der Waals surface area contributed by atoms with E-state index in [4.69, 9.17) is 28.4 Å². The second-order valence-electron chi connectivity index (χ2n) is 8.66. The zero-order valence-corrected chi connectivity index (χ0v) is 20.9. The summed E-state index contributed by atoms with van der Waals surface area (Å²) in [6.07, 6.45) is 7.94. The molecule has 0 saturated carbocycles. The van der Waals surface area contributed by atoms with Gasteiger partial charge in [0.05, 0.1) is 32.8 Å². The van der Waals surface area contributed by atoms with E-state index in [1.807, 2.05) is 12.1 Å². The molecule has 188 valence electrons. The Morgan fingerprint density at radius 1 is 1.11 bits per heavy atom. The van der Waals surface area contributed by atoms with Crippen LogP contribution in [0.25, 0.3) is 6.08 Å². The summed E-state index contributed by atoms with van der Waals surface area (Å²) in [6.45, 7) is 0.391. The van der Waals surface area contributed by atoms with Crippen LogP contribution in [0.3, 0.4) is 0 Å². The minimum atomic E-state index is -1.03. The Morgan fingerprint density at radius 2 is 1.86 bits per heavy atom. The van der Waals surface area contributed by atoms with Gasteiger partial charge in [-0.3, -0.25) is 0 Å². The molecule has 2 atom stereocenters. The highest BCUT2D eigenvalue weighted by atomic mass is 16.7. The predicted molar refractivity (Wildman–Crippen MR) is 127 cm³/mol. The molecule has 1 aliphatic heterocycles. The van der Waals surface area contributed by atoms with Crippen molar-refractivity contribution in [2.75, 3.05) is 49.1 Å². The maximum atomic E-state index is 12.4. The molecule has 0 aromatic heterocycles. The topological polar surface area (TPSA) is 92.8 Å². The summed E-state index contributed by atoms with van der Waals surface area (Å²) in [5, 5.41) is 0. The number of carbonyl (C=O) groups is 2. The maximum absolute atomic E-state index is 12.4. The smallest absolute Gasteiger partial charge is 0.354 e. The molecule has 0 radical (unpaired) electrons. The van der Waals surface area contributed by atoms with E-state index >= 15 is 0 Å². The van der Waals surface area contributed by atoms with Crippen molar-refractivity contribution in [2.45, 2.75) is 30.1 Å². The van der Waals surface area contributed by atoms with Crippen LogP contribution in [0.4, 0.5) is 0 Å². The summed E-state index contributed by atoms with van der Waals surface area (Å²) in [5.41, 5.74) is 2.55. The van der Waals surface area contributed by atoms with E-state index in [9.17, 15) is 9.59 Å². The average molecular weight is 486 g/mol. The summed E-state index contributed by atoms with van der Waals surface area (Å²) in [4.78, 5) is 26.1. The lowest BCUT2D eigenvalue weighted by molar-refractivity contribution is -0.261. The number of methoxy groups -OCH3 is 5. The summed E-state index contributed by atoms with van der Waals surface area (Å²) < 4.78 is 33.8. The summed E-state index contributed by atoms with van der Waals surface area (Å²) in [7, 11) is 9.09. The average Bonchev–Trinajstić information content (AvgIpc) is 3.26. The molecule has 1 aromatic rings. The number of rotatable bonds is 9. The molecular weight excluding hydrogens is 454 g/mol. The molecule has 1 aromatic carbocycles. The van der Waals surface area contributed by atoms with Crippen molar-refractivity contribution in [1.29, 1.82) is 0 Å². The Labute approximate surface area is 204 Å². The molecule has 0 fully saturated rings. The van der Waals surface area contributed by atoms with Crippen molar-refractivity contribution >= 4 is 18.0 Å². The van der Waals surface area contributed by atoms with Crippen molar-refractivity contribution in [3.05, 3.63) is 52.8 Å². The van der Waals surface area contributed by atoms with Crippen LogP contribution in [-0.4, -0.2) is 77.9 Å². The van der Waals surface area contributed by atoms with Gasteiger partial charge in [0.2, 0.25) is 5.79 Å². The number of carbonyl (C=O) groups excluding carboxylic acids is 2. The first-order valence-corrected chi connectivity index (χ1v) is 11.3. The molecule has 1 heterocycles. The molecular formula is C26H31NO8.